The second-order valence-corrected chi connectivity index (χ2v) is 5.82. The Hall–Kier alpha value is -2.40. The van der Waals surface area contributed by atoms with Crippen LogP contribution in [0, 0.1) is 5.92 Å². The number of benzene rings is 1. The van der Waals surface area contributed by atoms with Crippen LogP contribution < -0.4 is 10.5 Å². The van der Waals surface area contributed by atoms with Gasteiger partial charge in [0.2, 0.25) is 0 Å². The predicted octanol–water partition coefficient (Wildman–Crippen LogP) is 2.08. The van der Waals surface area contributed by atoms with Crippen molar-refractivity contribution < 1.29 is 9.53 Å². The van der Waals surface area contributed by atoms with Gasteiger partial charge in [0, 0.05) is 36.6 Å². The molecular weight excluding hydrogens is 290 g/mol. The molecule has 1 atom stereocenters. The van der Waals surface area contributed by atoms with Gasteiger partial charge in [-0.3, -0.25) is 9.78 Å². The third-order valence-corrected chi connectivity index (χ3v) is 4.12. The summed E-state index contributed by atoms with van der Waals surface area (Å²) in [6.45, 7) is 2.60. The monoisotopic (exact) mass is 311 g/mol. The van der Waals surface area contributed by atoms with Crippen molar-refractivity contribution in [2.45, 2.75) is 13.0 Å². The molecule has 2 heterocycles. The first kappa shape index (κ1) is 15.5. The molecule has 2 aromatic rings. The van der Waals surface area contributed by atoms with E-state index in [4.69, 9.17) is 10.5 Å². The minimum atomic E-state index is 0.0489. The van der Waals surface area contributed by atoms with Gasteiger partial charge in [-0.2, -0.15) is 0 Å². The van der Waals surface area contributed by atoms with Crippen LogP contribution in [0.3, 0.4) is 0 Å². The Bertz CT molecular complexity index is 660. The minimum absolute atomic E-state index is 0.0489. The fraction of sp³-hybridized carbons (Fsp3) is 0.333. The summed E-state index contributed by atoms with van der Waals surface area (Å²) in [5.74, 6) is 1.16. The SMILES string of the molecule is NC[C@@H]1CCN(C(=O)c2cccc(OCc3cccnc3)c2)C1. The highest BCUT2D eigenvalue weighted by atomic mass is 16.5. The van der Waals surface area contributed by atoms with Gasteiger partial charge in [-0.05, 0) is 43.1 Å². The minimum Gasteiger partial charge on any atom is -0.489 e. The smallest absolute Gasteiger partial charge is 0.253 e. The molecule has 0 unspecified atom stereocenters. The summed E-state index contributed by atoms with van der Waals surface area (Å²) in [4.78, 5) is 18.5. The number of likely N-dealkylation sites (tertiary alicyclic amines) is 1. The summed E-state index contributed by atoms with van der Waals surface area (Å²) in [6, 6.07) is 11.2. The highest BCUT2D eigenvalue weighted by Crippen LogP contribution is 2.20. The average Bonchev–Trinajstić information content (AvgIpc) is 3.10. The molecule has 1 aromatic carbocycles. The third-order valence-electron chi connectivity index (χ3n) is 4.12. The maximum atomic E-state index is 12.6. The number of hydrogen-bond acceptors (Lipinski definition) is 4. The summed E-state index contributed by atoms with van der Waals surface area (Å²) in [5, 5.41) is 0. The number of ether oxygens (including phenoxy) is 1. The number of carbonyl (C=O) groups is 1. The Labute approximate surface area is 136 Å². The van der Waals surface area contributed by atoms with Crippen LogP contribution in [0.1, 0.15) is 22.3 Å². The Kier molecular flexibility index (Phi) is 4.88. The second kappa shape index (κ2) is 7.24. The lowest BCUT2D eigenvalue weighted by atomic mass is 10.1. The van der Waals surface area contributed by atoms with Gasteiger partial charge in [0.05, 0.1) is 0 Å². The lowest BCUT2D eigenvalue weighted by molar-refractivity contribution is 0.0787. The molecule has 0 bridgehead atoms. The van der Waals surface area contributed by atoms with Crippen molar-refractivity contribution in [2.24, 2.45) is 11.7 Å². The van der Waals surface area contributed by atoms with E-state index >= 15 is 0 Å². The number of amides is 1. The maximum Gasteiger partial charge on any atom is 0.253 e. The molecule has 1 amide bonds. The van der Waals surface area contributed by atoms with Gasteiger partial charge in [0.1, 0.15) is 12.4 Å². The van der Waals surface area contributed by atoms with Crippen LogP contribution in [-0.4, -0.2) is 35.4 Å². The van der Waals surface area contributed by atoms with Crippen molar-refractivity contribution >= 4 is 5.91 Å². The zero-order chi connectivity index (χ0) is 16.1. The van der Waals surface area contributed by atoms with Gasteiger partial charge in [-0.15, -0.1) is 0 Å². The molecule has 0 saturated carbocycles. The van der Waals surface area contributed by atoms with E-state index < -0.39 is 0 Å². The number of carbonyl (C=O) groups excluding carboxylic acids is 1. The quantitative estimate of drug-likeness (QED) is 0.918. The van der Waals surface area contributed by atoms with Gasteiger partial charge in [0.15, 0.2) is 0 Å². The molecule has 1 aromatic heterocycles. The molecule has 5 heteroatoms. The van der Waals surface area contributed by atoms with Gasteiger partial charge in [-0.25, -0.2) is 0 Å². The Morgan fingerprint density at radius 3 is 3.00 bits per heavy atom. The zero-order valence-electron chi connectivity index (χ0n) is 13.0. The molecule has 0 radical (unpaired) electrons. The summed E-state index contributed by atoms with van der Waals surface area (Å²) >= 11 is 0. The number of aromatic nitrogens is 1. The predicted molar refractivity (Wildman–Crippen MR) is 88.1 cm³/mol. The third kappa shape index (κ3) is 3.87. The van der Waals surface area contributed by atoms with E-state index in [1.807, 2.05) is 35.2 Å². The van der Waals surface area contributed by atoms with E-state index in [0.29, 0.717) is 30.4 Å². The molecule has 0 aliphatic carbocycles. The van der Waals surface area contributed by atoms with Crippen LogP contribution in [0.2, 0.25) is 0 Å². The van der Waals surface area contributed by atoms with Crippen LogP contribution in [-0.2, 0) is 6.61 Å². The van der Waals surface area contributed by atoms with Gasteiger partial charge in [-0.1, -0.05) is 12.1 Å². The number of pyridine rings is 1. The summed E-state index contributed by atoms with van der Waals surface area (Å²) < 4.78 is 5.76. The first-order valence-electron chi connectivity index (χ1n) is 7.87. The van der Waals surface area contributed by atoms with Gasteiger partial charge >= 0.3 is 0 Å². The van der Waals surface area contributed by atoms with E-state index in [-0.39, 0.29) is 5.91 Å². The van der Waals surface area contributed by atoms with E-state index in [1.165, 1.54) is 0 Å². The number of rotatable bonds is 5. The fourth-order valence-electron chi connectivity index (χ4n) is 2.76. The van der Waals surface area contributed by atoms with Crippen molar-refractivity contribution in [3.63, 3.8) is 0 Å². The van der Waals surface area contributed by atoms with Gasteiger partial charge < -0.3 is 15.4 Å². The van der Waals surface area contributed by atoms with E-state index in [9.17, 15) is 4.79 Å². The molecule has 1 aliphatic heterocycles. The molecule has 1 fully saturated rings. The molecule has 1 saturated heterocycles. The molecule has 1 aliphatic rings. The van der Waals surface area contributed by atoms with E-state index in [2.05, 4.69) is 4.98 Å². The lowest BCUT2D eigenvalue weighted by Gasteiger charge is -2.17. The standard InChI is InChI=1S/C18H21N3O2/c19-10-14-6-8-21(12-14)18(22)16-4-1-5-17(9-16)23-13-15-3-2-7-20-11-15/h1-5,7,9,11,14H,6,8,10,12-13,19H2/t14-/m0/s1. The largest absolute Gasteiger partial charge is 0.489 e. The number of hydrogen-bond donors (Lipinski definition) is 1. The summed E-state index contributed by atoms with van der Waals surface area (Å²) in [7, 11) is 0. The molecule has 23 heavy (non-hydrogen) atoms. The highest BCUT2D eigenvalue weighted by molar-refractivity contribution is 5.94. The Morgan fingerprint density at radius 1 is 1.35 bits per heavy atom. The lowest BCUT2D eigenvalue weighted by Crippen LogP contribution is -2.29. The van der Waals surface area contributed by atoms with Crippen molar-refractivity contribution in [1.82, 2.24) is 9.88 Å². The van der Waals surface area contributed by atoms with E-state index in [1.54, 1.807) is 18.5 Å². The normalized spacial score (nSPS) is 17.3. The van der Waals surface area contributed by atoms with Gasteiger partial charge in [0.25, 0.3) is 5.91 Å². The average molecular weight is 311 g/mol. The summed E-state index contributed by atoms with van der Waals surface area (Å²) in [5.41, 5.74) is 7.34. The zero-order valence-corrected chi connectivity index (χ0v) is 13.0. The molecule has 0 spiro atoms. The first-order chi connectivity index (χ1) is 11.3. The number of nitrogens with two attached hydrogens (primary N) is 1. The van der Waals surface area contributed by atoms with Crippen LogP contribution in [0.5, 0.6) is 5.75 Å². The summed E-state index contributed by atoms with van der Waals surface area (Å²) in [6.07, 6.45) is 4.49. The van der Waals surface area contributed by atoms with Crippen LogP contribution in [0.4, 0.5) is 0 Å². The molecule has 3 rings (SSSR count). The van der Waals surface area contributed by atoms with Crippen molar-refractivity contribution in [3.8, 4) is 5.75 Å². The van der Waals surface area contributed by atoms with Crippen molar-refractivity contribution in [3.05, 3.63) is 59.9 Å². The second-order valence-electron chi connectivity index (χ2n) is 5.82. The van der Waals surface area contributed by atoms with Crippen LogP contribution in [0.25, 0.3) is 0 Å². The Balaban J connectivity index is 1.64. The Morgan fingerprint density at radius 2 is 2.26 bits per heavy atom. The van der Waals surface area contributed by atoms with Crippen molar-refractivity contribution in [1.29, 1.82) is 0 Å². The highest BCUT2D eigenvalue weighted by Gasteiger charge is 2.26. The molecule has 2 N–H and O–H groups in total. The fourth-order valence-corrected chi connectivity index (χ4v) is 2.76. The topological polar surface area (TPSA) is 68.5 Å². The number of nitrogens with zero attached hydrogens (tertiary/aromatic N) is 2. The maximum absolute atomic E-state index is 12.6. The van der Waals surface area contributed by atoms with Crippen LogP contribution >= 0.6 is 0 Å². The molecular formula is C18H21N3O2. The van der Waals surface area contributed by atoms with E-state index in [0.717, 1.165) is 25.1 Å². The molecule has 120 valence electrons. The van der Waals surface area contributed by atoms with Crippen molar-refractivity contribution in [2.75, 3.05) is 19.6 Å². The van der Waals surface area contributed by atoms with Crippen LogP contribution in [0.15, 0.2) is 48.8 Å². The first-order valence-corrected chi connectivity index (χ1v) is 7.87. The molecule has 5 nitrogen and oxygen atoms in total.